The zero-order valence-electron chi connectivity index (χ0n) is 7.62. The minimum absolute atomic E-state index is 0.0393. The van der Waals surface area contributed by atoms with Crippen molar-refractivity contribution in [1.29, 1.82) is 0 Å². The predicted octanol–water partition coefficient (Wildman–Crippen LogP) is 0.533. The van der Waals surface area contributed by atoms with Crippen LogP contribution in [0.4, 0.5) is 0 Å². The lowest BCUT2D eigenvalue weighted by molar-refractivity contribution is 0.314. The van der Waals surface area contributed by atoms with Gasteiger partial charge in [-0.1, -0.05) is 18.2 Å². The predicted molar refractivity (Wildman–Crippen MR) is 50.2 cm³/mol. The molecule has 4 heteroatoms. The van der Waals surface area contributed by atoms with Gasteiger partial charge in [0.05, 0.1) is 0 Å². The van der Waals surface area contributed by atoms with Gasteiger partial charge < -0.3 is 16.3 Å². The van der Waals surface area contributed by atoms with E-state index in [0.29, 0.717) is 6.54 Å². The van der Waals surface area contributed by atoms with E-state index in [4.69, 9.17) is 10.9 Å². The molecule has 0 aliphatic carbocycles. The van der Waals surface area contributed by atoms with E-state index >= 15 is 0 Å². The van der Waals surface area contributed by atoms with Crippen molar-refractivity contribution < 1.29 is 5.21 Å². The van der Waals surface area contributed by atoms with E-state index < -0.39 is 0 Å². The molecular weight excluding hydrogens is 154 g/mol. The number of oxime groups is 1. The number of hydrogen-bond donors (Lipinski definition) is 3. The van der Waals surface area contributed by atoms with Gasteiger partial charge in [0.2, 0.25) is 0 Å². The molecule has 0 amide bonds. The second kappa shape index (κ2) is 5.60. The van der Waals surface area contributed by atoms with Gasteiger partial charge >= 0.3 is 0 Å². The van der Waals surface area contributed by atoms with Crippen LogP contribution in [0.3, 0.4) is 0 Å². The molecule has 4 nitrogen and oxygen atoms in total. The summed E-state index contributed by atoms with van der Waals surface area (Å²) in [5.41, 5.74) is 5.38. The Morgan fingerprint density at radius 2 is 2.33 bits per heavy atom. The molecule has 0 spiro atoms. The van der Waals surface area contributed by atoms with Gasteiger partial charge in [0.1, 0.15) is 5.84 Å². The molecule has 0 aromatic rings. The Kier molecular flexibility index (Phi) is 5.12. The van der Waals surface area contributed by atoms with Gasteiger partial charge in [-0.2, -0.15) is 0 Å². The van der Waals surface area contributed by atoms with Crippen LogP contribution in [0, 0.1) is 5.92 Å². The van der Waals surface area contributed by atoms with Crippen LogP contribution < -0.4 is 11.1 Å². The first-order chi connectivity index (χ1) is 5.61. The summed E-state index contributed by atoms with van der Waals surface area (Å²) >= 11 is 0. The molecule has 2 unspecified atom stereocenters. The van der Waals surface area contributed by atoms with Crippen molar-refractivity contribution >= 4 is 5.84 Å². The van der Waals surface area contributed by atoms with Gasteiger partial charge in [-0.25, -0.2) is 0 Å². The Labute approximate surface area is 73.1 Å². The summed E-state index contributed by atoms with van der Waals surface area (Å²) in [6, 6.07) is 0.249. The second-order valence-corrected chi connectivity index (χ2v) is 2.86. The van der Waals surface area contributed by atoms with Crippen LogP contribution in [-0.4, -0.2) is 23.6 Å². The van der Waals surface area contributed by atoms with Crippen molar-refractivity contribution in [3.63, 3.8) is 0 Å². The third-order valence-electron chi connectivity index (χ3n) is 1.72. The average Bonchev–Trinajstić information content (AvgIpc) is 2.11. The Hall–Kier alpha value is -1.03. The molecule has 70 valence electrons. The molecule has 0 heterocycles. The Morgan fingerprint density at radius 3 is 2.75 bits per heavy atom. The Balaban J connectivity index is 3.71. The summed E-state index contributed by atoms with van der Waals surface area (Å²) in [4.78, 5) is 0. The Morgan fingerprint density at radius 1 is 1.75 bits per heavy atom. The second-order valence-electron chi connectivity index (χ2n) is 2.86. The van der Waals surface area contributed by atoms with Crippen LogP contribution in [-0.2, 0) is 0 Å². The minimum atomic E-state index is 0.0393. The van der Waals surface area contributed by atoms with Crippen LogP contribution in [0.1, 0.15) is 13.8 Å². The average molecular weight is 171 g/mol. The number of amidine groups is 1. The van der Waals surface area contributed by atoms with Crippen LogP contribution in [0.5, 0.6) is 0 Å². The highest BCUT2D eigenvalue weighted by molar-refractivity contribution is 5.82. The number of nitrogens with zero attached hydrogens (tertiary/aromatic N) is 1. The van der Waals surface area contributed by atoms with E-state index in [1.165, 1.54) is 0 Å². The molecule has 0 saturated carbocycles. The molecule has 0 saturated heterocycles. The minimum Gasteiger partial charge on any atom is -0.409 e. The van der Waals surface area contributed by atoms with E-state index in [9.17, 15) is 0 Å². The van der Waals surface area contributed by atoms with Crippen LogP contribution in [0.2, 0.25) is 0 Å². The van der Waals surface area contributed by atoms with Gasteiger partial charge in [0.25, 0.3) is 0 Å². The highest BCUT2D eigenvalue weighted by Crippen LogP contribution is 1.93. The highest BCUT2D eigenvalue weighted by Gasteiger charge is 2.07. The Bertz CT molecular complexity index is 168. The summed E-state index contributed by atoms with van der Waals surface area (Å²) in [5, 5.41) is 14.4. The number of hydrogen-bond acceptors (Lipinski definition) is 3. The van der Waals surface area contributed by atoms with Gasteiger partial charge in [-0.05, 0) is 6.92 Å². The maximum atomic E-state index is 8.34. The van der Waals surface area contributed by atoms with Gasteiger partial charge in [0, 0.05) is 18.5 Å². The topological polar surface area (TPSA) is 70.6 Å². The molecule has 0 rings (SSSR count). The number of nitrogens with one attached hydrogen (secondary N) is 1. The monoisotopic (exact) mass is 171 g/mol. The van der Waals surface area contributed by atoms with Gasteiger partial charge in [-0.3, -0.25) is 0 Å². The molecule has 0 radical (unpaired) electrons. The van der Waals surface area contributed by atoms with Crippen molar-refractivity contribution in [1.82, 2.24) is 5.32 Å². The molecule has 4 N–H and O–H groups in total. The molecule has 0 fully saturated rings. The highest BCUT2D eigenvalue weighted by atomic mass is 16.4. The van der Waals surface area contributed by atoms with Crippen LogP contribution >= 0.6 is 0 Å². The standard InChI is InChI=1S/C8H17N3O/c1-4-7(3)10-5-6(2)8(9)11-12/h4,6-7,10,12H,1,5H2,2-3H3,(H2,9,11). The normalized spacial score (nSPS) is 17.0. The summed E-state index contributed by atoms with van der Waals surface area (Å²) in [6.07, 6.45) is 1.80. The summed E-state index contributed by atoms with van der Waals surface area (Å²) in [5.74, 6) is 0.288. The number of nitrogens with two attached hydrogens (primary N) is 1. The summed E-state index contributed by atoms with van der Waals surface area (Å²) in [7, 11) is 0. The van der Waals surface area contributed by atoms with Crippen molar-refractivity contribution in [2.45, 2.75) is 19.9 Å². The SMILES string of the molecule is C=CC(C)NCC(C)/C(N)=N/O. The first-order valence-corrected chi connectivity index (χ1v) is 3.95. The molecule has 0 aliphatic heterocycles. The quantitative estimate of drug-likeness (QED) is 0.186. The molecule has 12 heavy (non-hydrogen) atoms. The fourth-order valence-corrected chi connectivity index (χ4v) is 0.649. The third-order valence-corrected chi connectivity index (χ3v) is 1.72. The lowest BCUT2D eigenvalue weighted by Crippen LogP contribution is -2.34. The molecule has 0 aromatic carbocycles. The maximum absolute atomic E-state index is 8.34. The first-order valence-electron chi connectivity index (χ1n) is 3.95. The molecule has 2 atom stereocenters. The van der Waals surface area contributed by atoms with Gasteiger partial charge in [-0.15, -0.1) is 6.58 Å². The summed E-state index contributed by atoms with van der Waals surface area (Å²) in [6.45, 7) is 8.19. The van der Waals surface area contributed by atoms with E-state index in [-0.39, 0.29) is 17.8 Å². The summed E-state index contributed by atoms with van der Waals surface area (Å²) < 4.78 is 0. The zero-order valence-corrected chi connectivity index (χ0v) is 7.62. The zero-order chi connectivity index (χ0) is 9.56. The van der Waals surface area contributed by atoms with Crippen LogP contribution in [0.15, 0.2) is 17.8 Å². The molecule has 0 aromatic heterocycles. The van der Waals surface area contributed by atoms with Crippen molar-refractivity contribution in [3.05, 3.63) is 12.7 Å². The molecule has 0 aliphatic rings. The van der Waals surface area contributed by atoms with Crippen molar-refractivity contribution in [2.24, 2.45) is 16.8 Å². The van der Waals surface area contributed by atoms with Gasteiger partial charge in [0.15, 0.2) is 0 Å². The van der Waals surface area contributed by atoms with E-state index in [1.807, 2.05) is 13.8 Å². The largest absolute Gasteiger partial charge is 0.409 e. The van der Waals surface area contributed by atoms with E-state index in [0.717, 1.165) is 0 Å². The number of rotatable bonds is 5. The van der Waals surface area contributed by atoms with Crippen molar-refractivity contribution in [2.75, 3.05) is 6.54 Å². The lowest BCUT2D eigenvalue weighted by Gasteiger charge is -2.13. The van der Waals surface area contributed by atoms with Crippen LogP contribution in [0.25, 0.3) is 0 Å². The fourth-order valence-electron chi connectivity index (χ4n) is 0.649. The van der Waals surface area contributed by atoms with E-state index in [2.05, 4.69) is 17.1 Å². The lowest BCUT2D eigenvalue weighted by atomic mass is 10.1. The molecular formula is C8H17N3O. The first kappa shape index (κ1) is 11.0. The van der Waals surface area contributed by atoms with E-state index in [1.54, 1.807) is 6.08 Å². The fraction of sp³-hybridized carbons (Fsp3) is 0.625. The maximum Gasteiger partial charge on any atom is 0.143 e. The van der Waals surface area contributed by atoms with Crippen molar-refractivity contribution in [3.8, 4) is 0 Å². The molecule has 0 bridgehead atoms. The smallest absolute Gasteiger partial charge is 0.143 e. The third kappa shape index (κ3) is 3.98.